The molecule has 1 aromatic rings. The average molecular weight is 330 g/mol. The van der Waals surface area contributed by atoms with E-state index in [0.717, 1.165) is 31.2 Å². The molecule has 24 heavy (non-hydrogen) atoms. The molecule has 0 aromatic heterocycles. The molecule has 0 N–H and O–H groups in total. The Morgan fingerprint density at radius 2 is 1.88 bits per heavy atom. The van der Waals surface area contributed by atoms with Crippen LogP contribution in [0, 0.1) is 0 Å². The van der Waals surface area contributed by atoms with Gasteiger partial charge in [0.25, 0.3) is 5.91 Å². The summed E-state index contributed by atoms with van der Waals surface area (Å²) in [6.45, 7) is 0.695. The molecular formula is C19H26N2O3. The van der Waals surface area contributed by atoms with Gasteiger partial charge in [0.2, 0.25) is 5.91 Å². The van der Waals surface area contributed by atoms with Gasteiger partial charge in [-0.2, -0.15) is 0 Å². The summed E-state index contributed by atoms with van der Waals surface area (Å²) in [5, 5.41) is 0. The van der Waals surface area contributed by atoms with Crippen molar-refractivity contribution in [2.45, 2.75) is 50.4 Å². The Hall–Kier alpha value is -1.88. The van der Waals surface area contributed by atoms with Gasteiger partial charge in [-0.1, -0.05) is 43.2 Å². The van der Waals surface area contributed by atoms with Crippen molar-refractivity contribution in [2.24, 2.45) is 0 Å². The van der Waals surface area contributed by atoms with Gasteiger partial charge in [0.05, 0.1) is 6.10 Å². The van der Waals surface area contributed by atoms with E-state index < -0.39 is 6.10 Å². The summed E-state index contributed by atoms with van der Waals surface area (Å²) in [7, 11) is 3.50. The van der Waals surface area contributed by atoms with Crippen molar-refractivity contribution in [1.29, 1.82) is 0 Å². The fourth-order valence-corrected chi connectivity index (χ4v) is 3.63. The second kappa shape index (κ2) is 7.34. The molecule has 1 aliphatic carbocycles. The summed E-state index contributed by atoms with van der Waals surface area (Å²) >= 11 is 0. The van der Waals surface area contributed by atoms with Crippen LogP contribution in [0.3, 0.4) is 0 Å². The molecule has 5 heteroatoms. The monoisotopic (exact) mass is 330 g/mol. The summed E-state index contributed by atoms with van der Waals surface area (Å²) in [5.41, 5.74) is 0.861. The Labute approximate surface area is 143 Å². The van der Waals surface area contributed by atoms with Crippen LogP contribution >= 0.6 is 0 Å². The molecular weight excluding hydrogens is 304 g/mol. The maximum atomic E-state index is 13.1. The fraction of sp³-hybridized carbons (Fsp3) is 0.579. The van der Waals surface area contributed by atoms with Crippen LogP contribution in [0.25, 0.3) is 0 Å². The number of carbonyl (C=O) groups excluding carboxylic acids is 2. The lowest BCUT2D eigenvalue weighted by molar-refractivity contribution is -0.152. The number of likely N-dealkylation sites (tertiary alicyclic amines) is 1. The number of nitrogens with zero attached hydrogens (tertiary/aromatic N) is 2. The van der Waals surface area contributed by atoms with E-state index in [2.05, 4.69) is 0 Å². The normalized spacial score (nSPS) is 22.8. The zero-order valence-electron chi connectivity index (χ0n) is 14.5. The minimum atomic E-state index is -0.627. The lowest BCUT2D eigenvalue weighted by Crippen LogP contribution is -2.45. The van der Waals surface area contributed by atoms with Crippen LogP contribution in [0.4, 0.5) is 0 Å². The van der Waals surface area contributed by atoms with Crippen LogP contribution in [0.15, 0.2) is 30.3 Å². The maximum absolute atomic E-state index is 13.1. The van der Waals surface area contributed by atoms with Gasteiger partial charge in [-0.3, -0.25) is 9.59 Å². The topological polar surface area (TPSA) is 49.9 Å². The first-order chi connectivity index (χ1) is 11.6. The molecule has 1 saturated carbocycles. The Morgan fingerprint density at radius 1 is 1.21 bits per heavy atom. The van der Waals surface area contributed by atoms with E-state index in [1.807, 2.05) is 30.3 Å². The molecule has 1 saturated heterocycles. The number of hydrogen-bond donors (Lipinski definition) is 0. The molecule has 0 bridgehead atoms. The number of carbonyl (C=O) groups is 2. The Kier molecular flexibility index (Phi) is 5.19. The van der Waals surface area contributed by atoms with Crippen molar-refractivity contribution in [3.05, 3.63) is 35.9 Å². The molecule has 130 valence electrons. The first kappa shape index (κ1) is 17.0. The minimum Gasteiger partial charge on any atom is -0.360 e. The maximum Gasteiger partial charge on any atom is 0.256 e. The van der Waals surface area contributed by atoms with Crippen molar-refractivity contribution < 1.29 is 14.3 Å². The van der Waals surface area contributed by atoms with E-state index in [4.69, 9.17) is 4.74 Å². The Balaban J connectivity index is 1.78. The molecule has 2 atom stereocenters. The third-order valence-corrected chi connectivity index (χ3v) is 5.17. The predicted molar refractivity (Wildman–Crippen MR) is 91.3 cm³/mol. The summed E-state index contributed by atoms with van der Waals surface area (Å²) in [4.78, 5) is 28.6. The van der Waals surface area contributed by atoms with Crippen LogP contribution in [-0.2, 0) is 14.3 Å². The molecule has 0 radical (unpaired) electrons. The standard InChI is InChI=1S/C19H26N2O3/c1-20-13-12-16(18(20)22)21(2)19(23)17(14-8-4-3-5-9-14)24-15-10-6-7-11-15/h3-5,8-9,15-17H,6-7,10-13H2,1-2H3/t16-,17+/m1/s1. The summed E-state index contributed by atoms with van der Waals surface area (Å²) < 4.78 is 6.19. The smallest absolute Gasteiger partial charge is 0.256 e. The fourth-order valence-electron chi connectivity index (χ4n) is 3.63. The molecule has 0 unspecified atom stereocenters. The highest BCUT2D eigenvalue weighted by Crippen LogP contribution is 2.30. The molecule has 1 aromatic carbocycles. The highest BCUT2D eigenvalue weighted by atomic mass is 16.5. The predicted octanol–water partition coefficient (Wildman–Crippen LogP) is 2.38. The van der Waals surface area contributed by atoms with Gasteiger partial charge in [0, 0.05) is 20.6 Å². The minimum absolute atomic E-state index is 0.0125. The average Bonchev–Trinajstić information content (AvgIpc) is 3.23. The van der Waals surface area contributed by atoms with Crippen molar-refractivity contribution in [2.75, 3.05) is 20.6 Å². The highest BCUT2D eigenvalue weighted by Gasteiger charge is 2.38. The third kappa shape index (κ3) is 3.46. The molecule has 1 heterocycles. The zero-order chi connectivity index (χ0) is 17.1. The summed E-state index contributed by atoms with van der Waals surface area (Å²) in [6, 6.07) is 9.24. The molecule has 2 amide bonds. The third-order valence-electron chi connectivity index (χ3n) is 5.17. The molecule has 2 aliphatic rings. The second-order valence-electron chi connectivity index (χ2n) is 6.85. The lowest BCUT2D eigenvalue weighted by atomic mass is 10.1. The van der Waals surface area contributed by atoms with E-state index in [1.54, 1.807) is 23.9 Å². The van der Waals surface area contributed by atoms with Gasteiger partial charge in [-0.05, 0) is 24.8 Å². The van der Waals surface area contributed by atoms with Crippen molar-refractivity contribution >= 4 is 11.8 Å². The van der Waals surface area contributed by atoms with Crippen LogP contribution in [0.2, 0.25) is 0 Å². The van der Waals surface area contributed by atoms with Gasteiger partial charge in [-0.25, -0.2) is 0 Å². The molecule has 3 rings (SSSR count). The van der Waals surface area contributed by atoms with E-state index >= 15 is 0 Å². The zero-order valence-corrected chi connectivity index (χ0v) is 14.5. The van der Waals surface area contributed by atoms with Crippen LogP contribution in [0.5, 0.6) is 0 Å². The molecule has 5 nitrogen and oxygen atoms in total. The van der Waals surface area contributed by atoms with E-state index in [-0.39, 0.29) is 24.0 Å². The van der Waals surface area contributed by atoms with E-state index in [9.17, 15) is 9.59 Å². The van der Waals surface area contributed by atoms with E-state index in [0.29, 0.717) is 13.0 Å². The van der Waals surface area contributed by atoms with Gasteiger partial charge >= 0.3 is 0 Å². The van der Waals surface area contributed by atoms with Crippen LogP contribution < -0.4 is 0 Å². The number of ether oxygens (including phenoxy) is 1. The van der Waals surface area contributed by atoms with Crippen molar-refractivity contribution in [1.82, 2.24) is 9.80 Å². The summed E-state index contributed by atoms with van der Waals surface area (Å²) in [5.74, 6) is -0.111. The molecule has 1 aliphatic heterocycles. The van der Waals surface area contributed by atoms with Crippen LogP contribution in [0.1, 0.15) is 43.8 Å². The first-order valence-corrected chi connectivity index (χ1v) is 8.80. The first-order valence-electron chi connectivity index (χ1n) is 8.80. The van der Waals surface area contributed by atoms with Crippen molar-refractivity contribution in [3.63, 3.8) is 0 Å². The summed E-state index contributed by atoms with van der Waals surface area (Å²) in [6.07, 6.45) is 4.51. The quantitative estimate of drug-likeness (QED) is 0.833. The van der Waals surface area contributed by atoms with E-state index in [1.165, 1.54) is 0 Å². The SMILES string of the molecule is CN1CC[C@@H](N(C)C(=O)[C@@H](OC2CCCC2)c2ccccc2)C1=O. The van der Waals surface area contributed by atoms with Crippen LogP contribution in [-0.4, -0.2) is 54.4 Å². The Morgan fingerprint density at radius 3 is 2.46 bits per heavy atom. The number of amides is 2. The Bertz CT molecular complexity index is 584. The molecule has 0 spiro atoms. The highest BCUT2D eigenvalue weighted by molar-refractivity contribution is 5.90. The van der Waals surface area contributed by atoms with Gasteiger partial charge < -0.3 is 14.5 Å². The van der Waals surface area contributed by atoms with Crippen molar-refractivity contribution in [3.8, 4) is 0 Å². The lowest BCUT2D eigenvalue weighted by Gasteiger charge is -2.29. The number of benzene rings is 1. The second-order valence-corrected chi connectivity index (χ2v) is 6.85. The largest absolute Gasteiger partial charge is 0.360 e. The van der Waals surface area contributed by atoms with Gasteiger partial charge in [0.1, 0.15) is 6.04 Å². The van der Waals surface area contributed by atoms with Gasteiger partial charge in [-0.15, -0.1) is 0 Å². The molecule has 2 fully saturated rings. The number of hydrogen-bond acceptors (Lipinski definition) is 3. The van der Waals surface area contributed by atoms with Gasteiger partial charge in [0.15, 0.2) is 6.10 Å². The number of likely N-dealkylation sites (N-methyl/N-ethyl adjacent to an activating group) is 2. The number of rotatable bonds is 5.